The van der Waals surface area contributed by atoms with Crippen LogP contribution < -0.4 is 0 Å². The molecular weight excluding hydrogens is 1120 g/mol. The molecule has 2 heterocycles. The van der Waals surface area contributed by atoms with Crippen LogP contribution in [0.4, 0.5) is 0 Å². The third-order valence-corrected chi connectivity index (χ3v) is 19.6. The summed E-state index contributed by atoms with van der Waals surface area (Å²) in [4.78, 5) is 0. The van der Waals surface area contributed by atoms with Gasteiger partial charge in [0, 0.05) is 32.9 Å². The highest BCUT2D eigenvalue weighted by Gasteiger charge is 2.47. The summed E-state index contributed by atoms with van der Waals surface area (Å²) in [7, 11) is 0. The van der Waals surface area contributed by atoms with Gasteiger partial charge in [-0.05, 0) is 184 Å². The lowest BCUT2D eigenvalue weighted by atomic mass is 9.65. The van der Waals surface area contributed by atoms with E-state index in [2.05, 4.69) is 373 Å². The second-order valence-electron chi connectivity index (χ2n) is 24.7. The van der Waals surface area contributed by atoms with Crippen molar-refractivity contribution >= 4 is 43.6 Å². The summed E-state index contributed by atoms with van der Waals surface area (Å²) in [6.45, 7) is 0. The van der Waals surface area contributed by atoms with Crippen molar-refractivity contribution in [3.8, 4) is 100 Å². The van der Waals surface area contributed by atoms with Gasteiger partial charge >= 0.3 is 0 Å². The molecule has 0 unspecified atom stereocenters. The molecule has 17 aromatic rings. The topological polar surface area (TPSA) is 9.86 Å². The molecule has 2 aromatic heterocycles. The van der Waals surface area contributed by atoms with Crippen molar-refractivity contribution in [1.29, 1.82) is 0 Å². The first kappa shape index (κ1) is 53.9. The first-order valence-corrected chi connectivity index (χ1v) is 32.2. The molecule has 15 aromatic carbocycles. The van der Waals surface area contributed by atoms with Crippen LogP contribution in [0.25, 0.3) is 144 Å². The second-order valence-corrected chi connectivity index (χ2v) is 24.7. The number of fused-ring (bicyclic) bond motifs is 9. The highest BCUT2D eigenvalue weighted by atomic mass is 15.0. The van der Waals surface area contributed by atoms with Gasteiger partial charge in [-0.2, -0.15) is 0 Å². The third kappa shape index (κ3) is 8.94. The van der Waals surface area contributed by atoms with Gasteiger partial charge in [0.25, 0.3) is 0 Å². The molecule has 0 aliphatic heterocycles. The van der Waals surface area contributed by atoms with Crippen molar-refractivity contribution in [3.05, 3.63) is 386 Å². The van der Waals surface area contributed by atoms with Gasteiger partial charge in [-0.25, -0.2) is 0 Å². The predicted octanol–water partition coefficient (Wildman–Crippen LogP) is 23.9. The number of hydrogen-bond acceptors (Lipinski definition) is 0. The predicted molar refractivity (Wildman–Crippen MR) is 390 cm³/mol. The van der Waals surface area contributed by atoms with Crippen LogP contribution in [-0.2, 0) is 5.41 Å². The number of aromatic nitrogens is 2. The molecule has 0 radical (unpaired) electrons. The van der Waals surface area contributed by atoms with Crippen molar-refractivity contribution in [2.75, 3.05) is 0 Å². The largest absolute Gasteiger partial charge is 0.309 e. The lowest BCUT2D eigenvalue weighted by Gasteiger charge is -2.36. The molecule has 93 heavy (non-hydrogen) atoms. The van der Waals surface area contributed by atoms with Gasteiger partial charge in [0.2, 0.25) is 0 Å². The van der Waals surface area contributed by atoms with Gasteiger partial charge in [-0.15, -0.1) is 0 Å². The minimum atomic E-state index is -0.585. The molecule has 1 aliphatic rings. The molecule has 18 rings (SSSR count). The monoisotopic (exact) mass is 1180 g/mol. The maximum absolute atomic E-state index is 2.44. The molecule has 2 nitrogen and oxygen atoms in total. The van der Waals surface area contributed by atoms with Crippen molar-refractivity contribution in [3.63, 3.8) is 0 Å². The SMILES string of the molecule is c1ccc(-c2ccc(-n3c4ccccc4c4cc(-c5ccc6c(c5)c5ccccc5n6-c5cccc(-c6ccc(-c7ccc(-c8cccc(C9(c%10ccccc%10-c%10cccc(-c%11ccccc%11)c%10)c%10ccccc%10-c%10ccccc%109)c8)cc7)cc6)c5)ccc43)cc2)cc1. The lowest BCUT2D eigenvalue weighted by Crippen LogP contribution is -2.29. The molecule has 2 heteroatoms. The van der Waals surface area contributed by atoms with Crippen LogP contribution in [0.15, 0.2) is 364 Å². The summed E-state index contributed by atoms with van der Waals surface area (Å²) >= 11 is 0. The number of para-hydroxylation sites is 2. The van der Waals surface area contributed by atoms with E-state index in [-0.39, 0.29) is 0 Å². The summed E-state index contributed by atoms with van der Waals surface area (Å²) in [6, 6.07) is 135. The highest BCUT2D eigenvalue weighted by molar-refractivity contribution is 6.13. The molecule has 0 bridgehead atoms. The Morgan fingerprint density at radius 3 is 1.05 bits per heavy atom. The summed E-state index contributed by atoms with van der Waals surface area (Å²) in [5.74, 6) is 0. The van der Waals surface area contributed by atoms with Crippen molar-refractivity contribution in [1.82, 2.24) is 9.13 Å². The van der Waals surface area contributed by atoms with Crippen molar-refractivity contribution in [2.45, 2.75) is 5.41 Å². The van der Waals surface area contributed by atoms with Crippen LogP contribution in [0.1, 0.15) is 22.3 Å². The Kier molecular flexibility index (Phi) is 12.8. The van der Waals surface area contributed by atoms with E-state index in [1.807, 2.05) is 0 Å². The Hall–Kier alpha value is -12.1. The zero-order chi connectivity index (χ0) is 61.4. The van der Waals surface area contributed by atoms with Crippen LogP contribution in [0, 0.1) is 0 Å². The molecule has 0 saturated carbocycles. The zero-order valence-electron chi connectivity index (χ0n) is 51.0. The Bertz CT molecular complexity index is 5670. The van der Waals surface area contributed by atoms with Crippen LogP contribution in [-0.4, -0.2) is 9.13 Å². The molecule has 0 saturated heterocycles. The fourth-order valence-electron chi connectivity index (χ4n) is 15.3. The van der Waals surface area contributed by atoms with Gasteiger partial charge in [0.15, 0.2) is 0 Å². The van der Waals surface area contributed by atoms with E-state index in [4.69, 9.17) is 0 Å². The van der Waals surface area contributed by atoms with Crippen molar-refractivity contribution in [2.24, 2.45) is 0 Å². The summed E-state index contributed by atoms with van der Waals surface area (Å²) in [6.07, 6.45) is 0. The molecule has 0 fully saturated rings. The fourth-order valence-corrected chi connectivity index (χ4v) is 15.3. The molecule has 434 valence electrons. The van der Waals surface area contributed by atoms with Gasteiger partial charge < -0.3 is 9.13 Å². The molecule has 1 aliphatic carbocycles. The Balaban J connectivity index is 0.647. The minimum Gasteiger partial charge on any atom is -0.309 e. The summed E-state index contributed by atoms with van der Waals surface area (Å²) in [5.41, 5.74) is 30.8. The average Bonchev–Trinajstić information content (AvgIpc) is 1.57. The smallest absolute Gasteiger partial charge is 0.0719 e. The van der Waals surface area contributed by atoms with Gasteiger partial charge in [0.1, 0.15) is 0 Å². The quantitative estimate of drug-likeness (QED) is 0.122. The van der Waals surface area contributed by atoms with E-state index in [9.17, 15) is 0 Å². The first-order valence-electron chi connectivity index (χ1n) is 32.2. The lowest BCUT2D eigenvalue weighted by molar-refractivity contribution is 0.771. The maximum Gasteiger partial charge on any atom is 0.0719 e. The van der Waals surface area contributed by atoms with Crippen LogP contribution >= 0.6 is 0 Å². The van der Waals surface area contributed by atoms with Crippen LogP contribution in [0.5, 0.6) is 0 Å². The number of benzene rings is 15. The standard InChI is InChI=1S/C91H60N2/c1-3-20-61(21-4-1)65-48-52-75(53-49-65)92-87-38-15-10-33-80(87)82-59-71(50-54-89(82)92)72-51-55-90-83(60-72)81-34-11-16-39-88(81)93(90)76-29-19-26-70(58-76)67-46-42-64(43-47-67)63-40-44-66(45-41-63)69-25-18-28-74(57-69)91(85-36-13-8-31-78(85)79-32-9-14-37-86(79)91)84-35-12-7-30-77(84)73-27-17-24-68(56-73)62-22-5-2-6-23-62/h1-60H. The normalized spacial score (nSPS) is 12.4. The van der Waals surface area contributed by atoms with Gasteiger partial charge in [-0.1, -0.05) is 291 Å². The van der Waals surface area contributed by atoms with E-state index in [0.29, 0.717) is 0 Å². The molecular formula is C91H60N2. The first-order chi connectivity index (χ1) is 46.1. The Morgan fingerprint density at radius 1 is 0.172 bits per heavy atom. The fraction of sp³-hybridized carbons (Fsp3) is 0.0110. The highest BCUT2D eigenvalue weighted by Crippen LogP contribution is 2.58. The maximum atomic E-state index is 2.44. The molecule has 0 N–H and O–H groups in total. The van der Waals surface area contributed by atoms with Gasteiger partial charge in [0.05, 0.1) is 27.5 Å². The van der Waals surface area contributed by atoms with E-state index in [1.54, 1.807) is 0 Å². The summed E-state index contributed by atoms with van der Waals surface area (Å²) < 4.78 is 4.83. The van der Waals surface area contributed by atoms with Crippen LogP contribution in [0.3, 0.4) is 0 Å². The molecule has 0 spiro atoms. The molecule has 0 atom stereocenters. The Labute approximate surface area is 541 Å². The summed E-state index contributed by atoms with van der Waals surface area (Å²) in [5, 5.41) is 4.95. The van der Waals surface area contributed by atoms with Crippen molar-refractivity contribution < 1.29 is 0 Å². The van der Waals surface area contributed by atoms with Gasteiger partial charge in [-0.3, -0.25) is 0 Å². The zero-order valence-corrected chi connectivity index (χ0v) is 51.0. The Morgan fingerprint density at radius 2 is 0.505 bits per heavy atom. The van der Waals surface area contributed by atoms with E-state index in [1.165, 1.54) is 155 Å². The van der Waals surface area contributed by atoms with Crippen LogP contribution in [0.2, 0.25) is 0 Å². The van der Waals surface area contributed by atoms with E-state index < -0.39 is 5.41 Å². The number of hydrogen-bond donors (Lipinski definition) is 0. The molecule has 0 amide bonds. The number of nitrogens with zero attached hydrogens (tertiary/aromatic N) is 2. The minimum absolute atomic E-state index is 0.585. The second kappa shape index (κ2) is 22.1. The third-order valence-electron chi connectivity index (χ3n) is 19.6. The van der Waals surface area contributed by atoms with E-state index in [0.717, 1.165) is 11.4 Å². The number of rotatable bonds is 11. The average molecular weight is 1180 g/mol. The van der Waals surface area contributed by atoms with E-state index >= 15 is 0 Å².